The first-order chi connectivity index (χ1) is 10.5. The molecule has 0 saturated heterocycles. The Morgan fingerprint density at radius 2 is 1.82 bits per heavy atom. The molecule has 5 nitrogen and oxygen atoms in total. The van der Waals surface area contributed by atoms with E-state index >= 15 is 0 Å². The fourth-order valence-corrected chi connectivity index (χ4v) is 1.89. The maximum atomic E-state index is 13.6. The molecule has 0 heterocycles. The van der Waals surface area contributed by atoms with Crippen LogP contribution in [-0.2, 0) is 4.74 Å². The van der Waals surface area contributed by atoms with Crippen molar-refractivity contribution in [3.05, 3.63) is 59.4 Å². The van der Waals surface area contributed by atoms with Gasteiger partial charge in [-0.1, -0.05) is 18.2 Å². The Bertz CT molecular complexity index is 716. The third kappa shape index (κ3) is 3.60. The summed E-state index contributed by atoms with van der Waals surface area (Å²) in [4.78, 5) is 23.3. The summed E-state index contributed by atoms with van der Waals surface area (Å²) in [6.07, 6.45) is -0.790. The smallest absolute Gasteiger partial charge is 0.411 e. The number of rotatable bonds is 3. The maximum Gasteiger partial charge on any atom is 0.411 e. The quantitative estimate of drug-likeness (QED) is 0.911. The topological polar surface area (TPSA) is 67.4 Å². The second kappa shape index (κ2) is 6.71. The van der Waals surface area contributed by atoms with Gasteiger partial charge in [-0.25, -0.2) is 9.18 Å². The summed E-state index contributed by atoms with van der Waals surface area (Å²) in [6.45, 7) is 1.82. The zero-order chi connectivity index (χ0) is 16.1. The van der Waals surface area contributed by atoms with E-state index in [0.717, 1.165) is 11.6 Å². The Morgan fingerprint density at radius 3 is 2.50 bits per heavy atom. The van der Waals surface area contributed by atoms with E-state index in [4.69, 9.17) is 0 Å². The molecule has 0 radical (unpaired) electrons. The standard InChI is InChI=1S/C16H15FN2O3/c1-10-5-3-4-6-12(10)15(20)18-11-7-8-13(17)14(9-11)19-16(21)22-2/h3-9H,1-2H3,(H,18,20)(H,19,21). The molecule has 0 atom stereocenters. The summed E-state index contributed by atoms with van der Waals surface area (Å²) in [7, 11) is 1.18. The van der Waals surface area contributed by atoms with Crippen molar-refractivity contribution in [2.45, 2.75) is 6.92 Å². The molecule has 0 fully saturated rings. The van der Waals surface area contributed by atoms with E-state index in [1.165, 1.54) is 19.2 Å². The Hall–Kier alpha value is -2.89. The van der Waals surface area contributed by atoms with Gasteiger partial charge < -0.3 is 10.1 Å². The minimum Gasteiger partial charge on any atom is -0.453 e. The van der Waals surface area contributed by atoms with Gasteiger partial charge in [0.25, 0.3) is 5.91 Å². The lowest BCUT2D eigenvalue weighted by Gasteiger charge is -2.10. The number of halogens is 1. The number of nitrogens with one attached hydrogen (secondary N) is 2. The highest BCUT2D eigenvalue weighted by molar-refractivity contribution is 6.05. The van der Waals surface area contributed by atoms with Crippen LogP contribution in [0.4, 0.5) is 20.6 Å². The monoisotopic (exact) mass is 302 g/mol. The van der Waals surface area contributed by atoms with Crippen LogP contribution in [0, 0.1) is 12.7 Å². The molecule has 2 N–H and O–H groups in total. The minimum absolute atomic E-state index is 0.0746. The molecule has 0 saturated carbocycles. The molecule has 0 aliphatic carbocycles. The SMILES string of the molecule is COC(=O)Nc1cc(NC(=O)c2ccccc2C)ccc1F. The fourth-order valence-electron chi connectivity index (χ4n) is 1.89. The van der Waals surface area contributed by atoms with Crippen LogP contribution in [0.1, 0.15) is 15.9 Å². The fraction of sp³-hybridized carbons (Fsp3) is 0.125. The van der Waals surface area contributed by atoms with E-state index in [2.05, 4.69) is 15.4 Å². The summed E-state index contributed by atoms with van der Waals surface area (Å²) < 4.78 is 18.0. The number of carbonyl (C=O) groups is 2. The number of benzene rings is 2. The van der Waals surface area contributed by atoms with Crippen molar-refractivity contribution in [2.24, 2.45) is 0 Å². The van der Waals surface area contributed by atoms with E-state index < -0.39 is 11.9 Å². The van der Waals surface area contributed by atoms with Crippen LogP contribution in [0.15, 0.2) is 42.5 Å². The molecule has 0 spiro atoms. The van der Waals surface area contributed by atoms with Crippen LogP contribution in [0.3, 0.4) is 0 Å². The molecular weight excluding hydrogens is 287 g/mol. The molecule has 6 heteroatoms. The number of hydrogen-bond donors (Lipinski definition) is 2. The number of ether oxygens (including phenoxy) is 1. The van der Waals surface area contributed by atoms with Crippen LogP contribution in [-0.4, -0.2) is 19.1 Å². The number of hydrogen-bond acceptors (Lipinski definition) is 3. The Balaban J connectivity index is 2.20. The van der Waals surface area contributed by atoms with Crippen LogP contribution in [0.25, 0.3) is 0 Å². The third-order valence-electron chi connectivity index (χ3n) is 3.04. The van der Waals surface area contributed by atoms with Crippen LogP contribution < -0.4 is 10.6 Å². The van der Waals surface area contributed by atoms with Crippen molar-refractivity contribution in [3.8, 4) is 0 Å². The van der Waals surface area contributed by atoms with Gasteiger partial charge in [0.2, 0.25) is 0 Å². The Kier molecular flexibility index (Phi) is 4.73. The maximum absolute atomic E-state index is 13.6. The van der Waals surface area contributed by atoms with Gasteiger partial charge in [0.1, 0.15) is 5.82 Å². The van der Waals surface area contributed by atoms with Crippen LogP contribution >= 0.6 is 0 Å². The van der Waals surface area contributed by atoms with Crippen LogP contribution in [0.5, 0.6) is 0 Å². The van der Waals surface area contributed by atoms with Crippen molar-refractivity contribution in [2.75, 3.05) is 17.7 Å². The molecule has 2 amide bonds. The van der Waals surface area contributed by atoms with Gasteiger partial charge >= 0.3 is 6.09 Å². The summed E-state index contributed by atoms with van der Waals surface area (Å²) >= 11 is 0. The number of methoxy groups -OCH3 is 1. The average Bonchev–Trinajstić information content (AvgIpc) is 2.50. The first kappa shape index (κ1) is 15.5. The van der Waals surface area contributed by atoms with E-state index in [1.54, 1.807) is 12.1 Å². The lowest BCUT2D eigenvalue weighted by molar-refractivity contribution is 0.102. The van der Waals surface area contributed by atoms with Gasteiger partial charge in [-0.3, -0.25) is 10.1 Å². The van der Waals surface area contributed by atoms with Gasteiger partial charge in [-0.2, -0.15) is 0 Å². The summed E-state index contributed by atoms with van der Waals surface area (Å²) in [5, 5.41) is 4.90. The highest BCUT2D eigenvalue weighted by Gasteiger charge is 2.11. The Morgan fingerprint density at radius 1 is 1.09 bits per heavy atom. The van der Waals surface area contributed by atoms with Crippen molar-refractivity contribution in [3.63, 3.8) is 0 Å². The molecule has 22 heavy (non-hydrogen) atoms. The predicted octanol–water partition coefficient (Wildman–Crippen LogP) is 3.56. The van der Waals surface area contributed by atoms with Gasteiger partial charge in [0.05, 0.1) is 12.8 Å². The van der Waals surface area contributed by atoms with Crippen molar-refractivity contribution >= 4 is 23.4 Å². The van der Waals surface area contributed by atoms with E-state index in [9.17, 15) is 14.0 Å². The molecule has 2 rings (SSSR count). The second-order valence-electron chi connectivity index (χ2n) is 4.58. The zero-order valence-electron chi connectivity index (χ0n) is 12.1. The van der Waals surface area contributed by atoms with E-state index in [-0.39, 0.29) is 11.6 Å². The van der Waals surface area contributed by atoms with Gasteiger partial charge in [-0.05, 0) is 36.8 Å². The van der Waals surface area contributed by atoms with Crippen molar-refractivity contribution in [1.29, 1.82) is 0 Å². The van der Waals surface area contributed by atoms with Gasteiger partial charge in [0.15, 0.2) is 0 Å². The number of aryl methyl sites for hydroxylation is 1. The molecule has 114 valence electrons. The van der Waals surface area contributed by atoms with Crippen LogP contribution in [0.2, 0.25) is 0 Å². The van der Waals surface area contributed by atoms with Gasteiger partial charge in [0, 0.05) is 11.3 Å². The van der Waals surface area contributed by atoms with Crippen molar-refractivity contribution in [1.82, 2.24) is 0 Å². The molecule has 0 aromatic heterocycles. The zero-order valence-corrected chi connectivity index (χ0v) is 12.1. The van der Waals surface area contributed by atoms with Crippen molar-refractivity contribution < 1.29 is 18.7 Å². The average molecular weight is 302 g/mol. The number of carbonyl (C=O) groups excluding carboxylic acids is 2. The molecule has 0 bridgehead atoms. The highest BCUT2D eigenvalue weighted by atomic mass is 19.1. The normalized spacial score (nSPS) is 9.95. The second-order valence-corrected chi connectivity index (χ2v) is 4.58. The largest absolute Gasteiger partial charge is 0.453 e. The number of amides is 2. The highest BCUT2D eigenvalue weighted by Crippen LogP contribution is 2.21. The summed E-state index contributed by atoms with van der Waals surface area (Å²) in [6, 6.07) is 11.0. The Labute approximate surface area is 127 Å². The first-order valence-corrected chi connectivity index (χ1v) is 6.52. The summed E-state index contributed by atoms with van der Waals surface area (Å²) in [5.41, 5.74) is 1.64. The summed E-state index contributed by atoms with van der Waals surface area (Å²) in [5.74, 6) is -0.937. The lowest BCUT2D eigenvalue weighted by Crippen LogP contribution is -2.15. The third-order valence-corrected chi connectivity index (χ3v) is 3.04. The van der Waals surface area contributed by atoms with E-state index in [1.807, 2.05) is 19.1 Å². The number of anilines is 2. The molecule has 2 aromatic rings. The predicted molar refractivity (Wildman–Crippen MR) is 81.6 cm³/mol. The van der Waals surface area contributed by atoms with Gasteiger partial charge in [-0.15, -0.1) is 0 Å². The first-order valence-electron chi connectivity index (χ1n) is 6.52. The lowest BCUT2D eigenvalue weighted by atomic mass is 10.1. The molecule has 0 aliphatic heterocycles. The minimum atomic E-state index is -0.790. The molecule has 0 unspecified atom stereocenters. The van der Waals surface area contributed by atoms with E-state index in [0.29, 0.717) is 11.3 Å². The molecular formula is C16H15FN2O3. The molecule has 2 aromatic carbocycles. The molecule has 0 aliphatic rings.